The third-order valence-electron chi connectivity index (χ3n) is 7.81. The molecule has 12 nitrogen and oxygen atoms in total. The van der Waals surface area contributed by atoms with E-state index in [-0.39, 0.29) is 34.4 Å². The molecule has 1 saturated heterocycles. The van der Waals surface area contributed by atoms with Gasteiger partial charge in [0.2, 0.25) is 5.78 Å². The number of carbonyl (C=O) groups excluding carboxylic acids is 3. The molecular weight excluding hydrogens is 514 g/mol. The first-order valence-electron chi connectivity index (χ1n) is 12.4. The minimum Gasteiger partial charge on any atom is -0.507 e. The highest BCUT2D eigenvalue weighted by molar-refractivity contribution is 6.31. The predicted molar refractivity (Wildman–Crippen MR) is 132 cm³/mol. The van der Waals surface area contributed by atoms with Crippen molar-refractivity contribution in [2.45, 2.75) is 62.4 Å². The first kappa shape index (κ1) is 27.2. The molecule has 1 fully saturated rings. The summed E-state index contributed by atoms with van der Waals surface area (Å²) in [5.41, 5.74) is 2.37. The molecule has 0 aromatic heterocycles. The average molecular weight is 544 g/mol. The number of hydrogen-bond acceptors (Lipinski definition) is 12. The Morgan fingerprint density at radius 3 is 2.49 bits per heavy atom. The molecule has 1 heterocycles. The van der Waals surface area contributed by atoms with Gasteiger partial charge in [-0.25, -0.2) is 0 Å². The van der Waals surface area contributed by atoms with Gasteiger partial charge in [-0.05, 0) is 13.0 Å². The SMILES string of the molecule is COc1cccc2c1C(=O)c1c(O)c3c(c(O)c1C2=O)C[C@@](O)(C(=O)CO)C[C@@H]3O[C@@H]1C[C@H](N)C(O)C(C)O1. The van der Waals surface area contributed by atoms with Crippen LogP contribution in [0.3, 0.4) is 0 Å². The summed E-state index contributed by atoms with van der Waals surface area (Å²) in [5, 5.41) is 53.7. The Hall–Kier alpha value is -3.39. The lowest BCUT2D eigenvalue weighted by Gasteiger charge is -2.42. The number of aliphatic hydroxyl groups is 3. The molecule has 5 rings (SSSR count). The molecule has 12 heteroatoms. The molecule has 2 unspecified atom stereocenters. The Bertz CT molecular complexity index is 1380. The van der Waals surface area contributed by atoms with Gasteiger partial charge in [-0.3, -0.25) is 14.4 Å². The molecule has 2 aliphatic carbocycles. The topological polar surface area (TPSA) is 206 Å². The van der Waals surface area contributed by atoms with Gasteiger partial charge in [0.05, 0.1) is 42.1 Å². The number of hydrogen-bond donors (Lipinski definition) is 6. The van der Waals surface area contributed by atoms with Crippen LogP contribution in [0.4, 0.5) is 0 Å². The van der Waals surface area contributed by atoms with Gasteiger partial charge < -0.3 is 45.5 Å². The molecule has 1 aliphatic heterocycles. The van der Waals surface area contributed by atoms with Gasteiger partial charge in [0.1, 0.15) is 29.5 Å². The summed E-state index contributed by atoms with van der Waals surface area (Å²) in [5.74, 6) is -3.77. The first-order chi connectivity index (χ1) is 18.4. The summed E-state index contributed by atoms with van der Waals surface area (Å²) in [4.78, 5) is 39.7. The highest BCUT2D eigenvalue weighted by Crippen LogP contribution is 2.52. The van der Waals surface area contributed by atoms with Gasteiger partial charge in [0.15, 0.2) is 17.9 Å². The number of aliphatic hydroxyl groups excluding tert-OH is 2. The lowest BCUT2D eigenvalue weighted by Crippen LogP contribution is -2.53. The lowest BCUT2D eigenvalue weighted by atomic mass is 9.72. The van der Waals surface area contributed by atoms with Crippen LogP contribution in [-0.4, -0.2) is 86.7 Å². The molecule has 2 aromatic carbocycles. The minimum atomic E-state index is -2.24. The number of methoxy groups -OCH3 is 1. The van der Waals surface area contributed by atoms with Crippen LogP contribution >= 0.6 is 0 Å². The van der Waals surface area contributed by atoms with Crippen molar-refractivity contribution >= 4 is 17.3 Å². The molecule has 3 aliphatic rings. The summed E-state index contributed by atoms with van der Waals surface area (Å²) in [6.07, 6.45) is -5.12. The van der Waals surface area contributed by atoms with E-state index in [1.54, 1.807) is 6.92 Å². The second kappa shape index (κ2) is 9.66. The number of Topliss-reactive ketones (excluding diaryl/α,β-unsaturated/α-hetero) is 1. The van der Waals surface area contributed by atoms with Crippen molar-refractivity contribution in [3.8, 4) is 17.2 Å². The summed E-state index contributed by atoms with van der Waals surface area (Å²) in [6.45, 7) is 0.560. The fourth-order valence-electron chi connectivity index (χ4n) is 5.75. The number of benzene rings is 2. The van der Waals surface area contributed by atoms with Crippen LogP contribution in [0.25, 0.3) is 0 Å². The Morgan fingerprint density at radius 1 is 1.15 bits per heavy atom. The van der Waals surface area contributed by atoms with Crippen LogP contribution in [0.2, 0.25) is 0 Å². The number of rotatable bonds is 5. The van der Waals surface area contributed by atoms with Crippen LogP contribution in [0.5, 0.6) is 17.2 Å². The molecule has 7 N–H and O–H groups in total. The number of ketones is 3. The average Bonchev–Trinajstić information content (AvgIpc) is 2.90. The lowest BCUT2D eigenvalue weighted by molar-refractivity contribution is -0.247. The summed E-state index contributed by atoms with van der Waals surface area (Å²) in [6, 6.07) is 3.64. The maximum absolute atomic E-state index is 13.6. The van der Waals surface area contributed by atoms with E-state index in [1.165, 1.54) is 25.3 Å². The second-order valence-electron chi connectivity index (χ2n) is 10.2. The minimum absolute atomic E-state index is 0.0173. The zero-order chi connectivity index (χ0) is 28.4. The normalized spacial score (nSPS) is 29.8. The van der Waals surface area contributed by atoms with Gasteiger partial charge in [-0.2, -0.15) is 0 Å². The van der Waals surface area contributed by atoms with Crippen molar-refractivity contribution in [3.05, 3.63) is 51.6 Å². The molecule has 39 heavy (non-hydrogen) atoms. The van der Waals surface area contributed by atoms with Gasteiger partial charge in [-0.1, -0.05) is 12.1 Å². The Kier molecular flexibility index (Phi) is 6.74. The largest absolute Gasteiger partial charge is 0.507 e. The highest BCUT2D eigenvalue weighted by Gasteiger charge is 2.50. The number of phenolic OH excluding ortho intramolecular Hbond substituents is 2. The van der Waals surface area contributed by atoms with Crippen molar-refractivity contribution in [2.24, 2.45) is 5.73 Å². The van der Waals surface area contributed by atoms with Crippen LogP contribution in [0.1, 0.15) is 68.8 Å². The van der Waals surface area contributed by atoms with E-state index in [0.717, 1.165) is 0 Å². The maximum Gasteiger partial charge on any atom is 0.202 e. The van der Waals surface area contributed by atoms with Gasteiger partial charge in [0, 0.05) is 42.0 Å². The molecule has 6 atom stereocenters. The fourth-order valence-corrected chi connectivity index (χ4v) is 5.75. The molecule has 2 aromatic rings. The number of aromatic hydroxyl groups is 2. The number of phenols is 2. The molecule has 0 spiro atoms. The molecule has 0 saturated carbocycles. The smallest absolute Gasteiger partial charge is 0.202 e. The quantitative estimate of drug-likeness (QED) is 0.235. The van der Waals surface area contributed by atoms with Crippen LogP contribution in [0.15, 0.2) is 18.2 Å². The zero-order valence-corrected chi connectivity index (χ0v) is 21.2. The van der Waals surface area contributed by atoms with E-state index in [1.807, 2.05) is 0 Å². The van der Waals surface area contributed by atoms with E-state index in [4.69, 9.17) is 19.9 Å². The highest BCUT2D eigenvalue weighted by atomic mass is 16.7. The van der Waals surface area contributed by atoms with Gasteiger partial charge in [-0.15, -0.1) is 0 Å². The standard InChI is InChI=1S/C27H29NO11/c1-10-22(31)13(28)6-17(38-10)39-15-8-27(36,16(30)9-29)7-12-19(15)26(35)21-20(24(12)33)23(32)11-4-3-5-14(37-2)18(11)25(21)34/h3-5,10,13,15,17,22,29,31,33,35-36H,6-9,28H2,1-2H3/t10?,13-,15-,17+,22?,27-/m0/s1. The summed E-state index contributed by atoms with van der Waals surface area (Å²) in [7, 11) is 1.32. The van der Waals surface area contributed by atoms with Crippen LogP contribution in [0, 0.1) is 0 Å². The van der Waals surface area contributed by atoms with Crippen molar-refractivity contribution in [3.63, 3.8) is 0 Å². The number of carbonyl (C=O) groups is 3. The predicted octanol–water partition coefficient (Wildman–Crippen LogP) is 0.00130. The van der Waals surface area contributed by atoms with Crippen molar-refractivity contribution < 1.29 is 54.1 Å². The van der Waals surface area contributed by atoms with E-state index in [9.17, 15) is 39.9 Å². The van der Waals surface area contributed by atoms with E-state index in [2.05, 4.69) is 0 Å². The van der Waals surface area contributed by atoms with Crippen molar-refractivity contribution in [1.29, 1.82) is 0 Å². The Labute approximate surface area is 222 Å². The Morgan fingerprint density at radius 2 is 1.85 bits per heavy atom. The van der Waals surface area contributed by atoms with Crippen LogP contribution < -0.4 is 10.5 Å². The molecule has 208 valence electrons. The van der Waals surface area contributed by atoms with Crippen LogP contribution in [-0.2, 0) is 20.7 Å². The van der Waals surface area contributed by atoms with Gasteiger partial charge >= 0.3 is 0 Å². The zero-order valence-electron chi connectivity index (χ0n) is 21.2. The maximum atomic E-state index is 13.6. The molecule has 0 amide bonds. The third kappa shape index (κ3) is 4.11. The second-order valence-corrected chi connectivity index (χ2v) is 10.2. The number of nitrogens with two attached hydrogens (primary N) is 1. The monoisotopic (exact) mass is 543 g/mol. The van der Waals surface area contributed by atoms with Crippen molar-refractivity contribution in [2.75, 3.05) is 13.7 Å². The number of fused-ring (bicyclic) bond motifs is 3. The molecule has 0 radical (unpaired) electrons. The van der Waals surface area contributed by atoms with Gasteiger partial charge in [0.25, 0.3) is 0 Å². The van der Waals surface area contributed by atoms with E-state index < -0.39 is 95.7 Å². The van der Waals surface area contributed by atoms with Crippen molar-refractivity contribution in [1.82, 2.24) is 0 Å². The Balaban J connectivity index is 1.69. The first-order valence-corrected chi connectivity index (χ1v) is 12.4. The fraction of sp³-hybridized carbons (Fsp3) is 0.444. The molecule has 0 bridgehead atoms. The molecular formula is C27H29NO11. The summed E-state index contributed by atoms with van der Waals surface area (Å²) < 4.78 is 17.0. The van der Waals surface area contributed by atoms with E-state index in [0.29, 0.717) is 0 Å². The number of ether oxygens (including phenoxy) is 3. The summed E-state index contributed by atoms with van der Waals surface area (Å²) >= 11 is 0. The van der Waals surface area contributed by atoms with E-state index >= 15 is 0 Å². The third-order valence-corrected chi connectivity index (χ3v) is 7.81.